The second kappa shape index (κ2) is 11.1. The Morgan fingerprint density at radius 1 is 0.854 bits per heavy atom. The summed E-state index contributed by atoms with van der Waals surface area (Å²) >= 11 is 12.4. The molecule has 4 nitrogen and oxygen atoms in total. The van der Waals surface area contributed by atoms with Gasteiger partial charge in [0.1, 0.15) is 17.4 Å². The van der Waals surface area contributed by atoms with Crippen LogP contribution >= 0.6 is 23.2 Å². The molecule has 0 amide bonds. The predicted octanol–water partition coefficient (Wildman–Crippen LogP) is 10.2. The number of aromatic nitrogens is 1. The van der Waals surface area contributed by atoms with Gasteiger partial charge in [-0.25, -0.2) is 4.99 Å². The summed E-state index contributed by atoms with van der Waals surface area (Å²) in [5, 5.41) is 12.4. The van der Waals surface area contributed by atoms with Crippen LogP contribution in [0, 0.1) is 25.2 Å². The molecule has 0 unspecified atom stereocenters. The molecule has 0 fully saturated rings. The molecule has 4 aromatic carbocycles. The molecule has 200 valence electrons. The normalized spacial score (nSPS) is 11.4. The molecule has 0 atom stereocenters. The fraction of sp³-hybridized carbons (Fsp3) is 0.0857. The maximum Gasteiger partial charge on any atom is 0.238 e. The van der Waals surface area contributed by atoms with E-state index in [0.29, 0.717) is 27.9 Å². The van der Waals surface area contributed by atoms with Gasteiger partial charge in [-0.2, -0.15) is 5.26 Å². The Hall–Kier alpha value is -4.56. The highest BCUT2D eigenvalue weighted by Gasteiger charge is 2.23. The SMILES string of the molecule is Cc1ccc(-c2oc(N=Cc3cn(Cc4ccc(Cl)c(Cl)c4)c4ccccc34)c(C#N)c2-c2ccc(C)cc2)cc1. The monoisotopic (exact) mass is 573 g/mol. The van der Waals surface area contributed by atoms with Gasteiger partial charge in [0.05, 0.1) is 10.0 Å². The maximum absolute atomic E-state index is 10.3. The van der Waals surface area contributed by atoms with Crippen molar-refractivity contribution < 1.29 is 4.42 Å². The van der Waals surface area contributed by atoms with E-state index in [1.807, 2.05) is 98.9 Å². The van der Waals surface area contributed by atoms with Crippen LogP contribution in [0.4, 0.5) is 5.88 Å². The van der Waals surface area contributed by atoms with Crippen LogP contribution in [-0.4, -0.2) is 10.8 Å². The van der Waals surface area contributed by atoms with Crippen LogP contribution in [0.1, 0.15) is 27.8 Å². The van der Waals surface area contributed by atoms with E-state index in [9.17, 15) is 5.26 Å². The summed E-state index contributed by atoms with van der Waals surface area (Å²) in [7, 11) is 0. The molecule has 0 saturated carbocycles. The van der Waals surface area contributed by atoms with Crippen LogP contribution in [0.2, 0.25) is 10.0 Å². The third-order valence-electron chi connectivity index (χ3n) is 7.13. The number of nitrogens with zero attached hydrogens (tertiary/aromatic N) is 3. The Kier molecular flexibility index (Phi) is 7.24. The fourth-order valence-corrected chi connectivity index (χ4v) is 5.31. The highest BCUT2D eigenvalue weighted by Crippen LogP contribution is 2.42. The van der Waals surface area contributed by atoms with Crippen molar-refractivity contribution in [3.63, 3.8) is 0 Å². The minimum atomic E-state index is 0.278. The van der Waals surface area contributed by atoms with Crippen molar-refractivity contribution in [1.29, 1.82) is 5.26 Å². The van der Waals surface area contributed by atoms with Crippen LogP contribution in [0.5, 0.6) is 0 Å². The Labute approximate surface area is 248 Å². The molecule has 2 aromatic heterocycles. The number of hydrogen-bond acceptors (Lipinski definition) is 3. The molecule has 0 aliphatic heterocycles. The number of para-hydroxylation sites is 1. The van der Waals surface area contributed by atoms with E-state index in [4.69, 9.17) is 32.6 Å². The van der Waals surface area contributed by atoms with E-state index < -0.39 is 0 Å². The largest absolute Gasteiger partial charge is 0.436 e. The molecular formula is C35H25Cl2N3O. The van der Waals surface area contributed by atoms with Crippen LogP contribution in [-0.2, 0) is 6.54 Å². The minimum absolute atomic E-state index is 0.278. The van der Waals surface area contributed by atoms with Crippen molar-refractivity contribution in [2.75, 3.05) is 0 Å². The summed E-state index contributed by atoms with van der Waals surface area (Å²) in [5.74, 6) is 0.902. The average molecular weight is 575 g/mol. The molecule has 2 heterocycles. The summed E-state index contributed by atoms with van der Waals surface area (Å²) < 4.78 is 8.51. The molecular weight excluding hydrogens is 549 g/mol. The number of hydrogen-bond donors (Lipinski definition) is 0. The van der Waals surface area contributed by atoms with Gasteiger partial charge >= 0.3 is 0 Å². The van der Waals surface area contributed by atoms with Crippen molar-refractivity contribution in [2.24, 2.45) is 4.99 Å². The Morgan fingerprint density at radius 2 is 1.54 bits per heavy atom. The molecule has 0 N–H and O–H groups in total. The number of nitriles is 1. The number of fused-ring (bicyclic) bond motifs is 1. The van der Waals surface area contributed by atoms with Crippen LogP contribution in [0.3, 0.4) is 0 Å². The predicted molar refractivity (Wildman–Crippen MR) is 169 cm³/mol. The summed E-state index contributed by atoms with van der Waals surface area (Å²) in [4.78, 5) is 4.74. The van der Waals surface area contributed by atoms with Gasteiger partial charge in [-0.3, -0.25) is 0 Å². The average Bonchev–Trinajstić information content (AvgIpc) is 3.52. The lowest BCUT2D eigenvalue weighted by molar-refractivity contribution is 0.593. The molecule has 6 heteroatoms. The van der Waals surface area contributed by atoms with Gasteiger partial charge in [0.15, 0.2) is 0 Å². The third-order valence-corrected chi connectivity index (χ3v) is 7.87. The van der Waals surface area contributed by atoms with Crippen LogP contribution < -0.4 is 0 Å². The second-order valence-electron chi connectivity index (χ2n) is 10.1. The van der Waals surface area contributed by atoms with Crippen molar-refractivity contribution in [3.05, 3.63) is 135 Å². The molecule has 0 bridgehead atoms. The molecule has 6 rings (SSSR count). The fourth-order valence-electron chi connectivity index (χ4n) is 4.99. The quantitative estimate of drug-likeness (QED) is 0.186. The lowest BCUT2D eigenvalue weighted by Crippen LogP contribution is -1.97. The zero-order chi connectivity index (χ0) is 28.5. The Bertz CT molecular complexity index is 1960. The van der Waals surface area contributed by atoms with E-state index in [-0.39, 0.29) is 5.88 Å². The van der Waals surface area contributed by atoms with E-state index in [2.05, 4.69) is 22.8 Å². The minimum Gasteiger partial charge on any atom is -0.436 e. The first-order valence-corrected chi connectivity index (χ1v) is 13.9. The first-order valence-electron chi connectivity index (χ1n) is 13.2. The van der Waals surface area contributed by atoms with Crippen molar-refractivity contribution in [1.82, 2.24) is 4.57 Å². The first kappa shape index (κ1) is 26.7. The van der Waals surface area contributed by atoms with Crippen molar-refractivity contribution in [3.8, 4) is 28.5 Å². The molecule has 0 saturated heterocycles. The standard InChI is InChI=1S/C35H25Cl2N3O/c1-22-7-12-25(13-8-22)33-29(18-38)35(41-34(33)26-14-9-23(2)10-15-26)39-19-27-21-40(32-6-4-3-5-28(27)32)20-24-11-16-30(36)31(37)17-24/h3-17,19,21H,20H2,1-2H3. The van der Waals surface area contributed by atoms with Gasteiger partial charge in [0.25, 0.3) is 0 Å². The summed E-state index contributed by atoms with van der Waals surface area (Å²) in [5.41, 5.74) is 8.23. The molecule has 0 spiro atoms. The summed E-state index contributed by atoms with van der Waals surface area (Å²) in [6.07, 6.45) is 3.82. The summed E-state index contributed by atoms with van der Waals surface area (Å²) in [6, 6.07) is 32.4. The van der Waals surface area contributed by atoms with E-state index in [1.54, 1.807) is 6.21 Å². The number of furan rings is 1. The Morgan fingerprint density at radius 3 is 2.22 bits per heavy atom. The zero-order valence-corrected chi connectivity index (χ0v) is 24.0. The van der Waals surface area contributed by atoms with E-state index in [0.717, 1.165) is 49.8 Å². The zero-order valence-electron chi connectivity index (χ0n) is 22.5. The van der Waals surface area contributed by atoms with E-state index >= 15 is 0 Å². The maximum atomic E-state index is 10.3. The van der Waals surface area contributed by atoms with Gasteiger partial charge in [-0.1, -0.05) is 107 Å². The molecule has 41 heavy (non-hydrogen) atoms. The lowest BCUT2D eigenvalue weighted by Gasteiger charge is -2.06. The third kappa shape index (κ3) is 5.30. The number of aliphatic imine (C=N–C) groups is 1. The van der Waals surface area contributed by atoms with Gasteiger partial charge < -0.3 is 8.98 Å². The number of rotatable bonds is 6. The first-order chi connectivity index (χ1) is 19.9. The highest BCUT2D eigenvalue weighted by molar-refractivity contribution is 6.42. The van der Waals surface area contributed by atoms with Gasteiger partial charge in [-0.05, 0) is 43.2 Å². The van der Waals surface area contributed by atoms with Crippen molar-refractivity contribution >= 4 is 46.2 Å². The smallest absolute Gasteiger partial charge is 0.238 e. The Balaban J connectivity index is 1.45. The van der Waals surface area contributed by atoms with Crippen LogP contribution in [0.15, 0.2) is 107 Å². The number of halogens is 2. The molecule has 0 aliphatic rings. The molecule has 6 aromatic rings. The molecule has 0 aliphatic carbocycles. The van der Waals surface area contributed by atoms with Crippen LogP contribution in [0.25, 0.3) is 33.4 Å². The topological polar surface area (TPSA) is 54.2 Å². The van der Waals surface area contributed by atoms with E-state index in [1.165, 1.54) is 0 Å². The number of aryl methyl sites for hydroxylation is 2. The molecule has 0 radical (unpaired) electrons. The number of benzene rings is 4. The van der Waals surface area contributed by atoms with Gasteiger partial charge in [-0.15, -0.1) is 0 Å². The van der Waals surface area contributed by atoms with Gasteiger partial charge in [0.2, 0.25) is 5.88 Å². The summed E-state index contributed by atoms with van der Waals surface area (Å²) in [6.45, 7) is 4.70. The highest BCUT2D eigenvalue weighted by atomic mass is 35.5. The lowest BCUT2D eigenvalue weighted by atomic mass is 9.97. The second-order valence-corrected chi connectivity index (χ2v) is 10.9. The van der Waals surface area contributed by atoms with Crippen molar-refractivity contribution in [2.45, 2.75) is 20.4 Å². The van der Waals surface area contributed by atoms with Gasteiger partial charge in [0, 0.05) is 46.5 Å².